The topological polar surface area (TPSA) is 64.3 Å². The molecule has 0 spiro atoms. The second kappa shape index (κ2) is 4.40. The number of hydrogen-bond donors (Lipinski definition) is 2. The van der Waals surface area contributed by atoms with Crippen LogP contribution in [0.25, 0.3) is 0 Å². The van der Waals surface area contributed by atoms with Crippen molar-refractivity contribution in [2.24, 2.45) is 0 Å². The Morgan fingerprint density at radius 1 is 1.39 bits per heavy atom. The van der Waals surface area contributed by atoms with E-state index in [1.807, 2.05) is 0 Å². The Bertz CT molecular complexity index is 474. The Morgan fingerprint density at radius 2 is 2.11 bits per heavy atom. The quantitative estimate of drug-likeness (QED) is 0.796. The second-order valence-corrected chi connectivity index (χ2v) is 4.05. The largest absolute Gasteiger partial charge is 0.573 e. The molecule has 18 heavy (non-hydrogen) atoms. The smallest absolute Gasteiger partial charge is 0.405 e. The molecule has 7 heteroatoms. The summed E-state index contributed by atoms with van der Waals surface area (Å²) < 4.78 is 40.8. The Balaban J connectivity index is 2.31. The highest BCUT2D eigenvalue weighted by Crippen LogP contribution is 2.35. The normalized spacial score (nSPS) is 19.7. The van der Waals surface area contributed by atoms with Gasteiger partial charge in [-0.1, -0.05) is 6.07 Å². The number of hydrogen-bond acceptors (Lipinski definition) is 3. The summed E-state index contributed by atoms with van der Waals surface area (Å²) in [5, 5.41) is 2.57. The summed E-state index contributed by atoms with van der Waals surface area (Å²) in [6, 6.07) is 4.06. The standard InChI is InChI=1S/C11H11F3N2O2/c12-11(13,14)18-9-4-7(15)1-2-8(9)6-3-10(17)16-5-6/h1-2,4,6H,3,5,15H2,(H,16,17)/t6-/m1/s1. The maximum absolute atomic E-state index is 12.3. The van der Waals surface area contributed by atoms with Gasteiger partial charge in [0.05, 0.1) is 0 Å². The highest BCUT2D eigenvalue weighted by molar-refractivity contribution is 5.79. The number of anilines is 1. The molecule has 3 N–H and O–H groups in total. The monoisotopic (exact) mass is 260 g/mol. The molecule has 0 radical (unpaired) electrons. The van der Waals surface area contributed by atoms with Gasteiger partial charge in [0, 0.05) is 36.2 Å². The van der Waals surface area contributed by atoms with Crippen molar-refractivity contribution in [1.82, 2.24) is 5.32 Å². The first kappa shape index (κ1) is 12.5. The Kier molecular flexibility index (Phi) is 3.06. The molecular weight excluding hydrogens is 249 g/mol. The zero-order chi connectivity index (χ0) is 13.3. The van der Waals surface area contributed by atoms with Crippen molar-refractivity contribution < 1.29 is 22.7 Å². The van der Waals surface area contributed by atoms with Crippen LogP contribution in [0.2, 0.25) is 0 Å². The van der Waals surface area contributed by atoms with Gasteiger partial charge in [-0.2, -0.15) is 0 Å². The van der Waals surface area contributed by atoms with E-state index in [0.717, 1.165) is 6.07 Å². The molecule has 1 amide bonds. The lowest BCUT2D eigenvalue weighted by molar-refractivity contribution is -0.274. The predicted molar refractivity (Wildman–Crippen MR) is 57.9 cm³/mol. The fourth-order valence-corrected chi connectivity index (χ4v) is 1.93. The second-order valence-electron chi connectivity index (χ2n) is 4.05. The van der Waals surface area contributed by atoms with E-state index < -0.39 is 6.36 Å². The van der Waals surface area contributed by atoms with Gasteiger partial charge in [0.2, 0.25) is 5.91 Å². The number of nitrogens with two attached hydrogens (primary N) is 1. The van der Waals surface area contributed by atoms with Gasteiger partial charge >= 0.3 is 6.36 Å². The lowest BCUT2D eigenvalue weighted by Crippen LogP contribution is -2.19. The molecule has 4 nitrogen and oxygen atoms in total. The van der Waals surface area contributed by atoms with E-state index in [-0.39, 0.29) is 29.7 Å². The number of benzene rings is 1. The molecule has 1 aliphatic heterocycles. The van der Waals surface area contributed by atoms with Gasteiger partial charge < -0.3 is 15.8 Å². The molecule has 1 aliphatic rings. The van der Waals surface area contributed by atoms with Crippen LogP contribution in [0.5, 0.6) is 5.75 Å². The highest BCUT2D eigenvalue weighted by atomic mass is 19.4. The lowest BCUT2D eigenvalue weighted by Gasteiger charge is -2.16. The molecule has 1 aromatic carbocycles. The molecule has 0 bridgehead atoms. The van der Waals surface area contributed by atoms with Gasteiger partial charge in [-0.3, -0.25) is 4.79 Å². The van der Waals surface area contributed by atoms with E-state index in [1.54, 1.807) is 0 Å². The molecule has 1 atom stereocenters. The first-order chi connectivity index (χ1) is 8.35. The van der Waals surface area contributed by atoms with E-state index in [4.69, 9.17) is 5.73 Å². The minimum Gasteiger partial charge on any atom is -0.405 e. The van der Waals surface area contributed by atoms with Crippen LogP contribution in [-0.2, 0) is 4.79 Å². The fourth-order valence-electron chi connectivity index (χ4n) is 1.93. The molecule has 0 aromatic heterocycles. The summed E-state index contributed by atoms with van der Waals surface area (Å²) in [5.41, 5.74) is 5.95. The number of carbonyl (C=O) groups is 1. The summed E-state index contributed by atoms with van der Waals surface area (Å²) in [6.45, 7) is 0.303. The molecule has 1 aromatic rings. The van der Waals surface area contributed by atoms with Gasteiger partial charge in [0.15, 0.2) is 0 Å². The molecule has 0 unspecified atom stereocenters. The van der Waals surface area contributed by atoms with Crippen molar-refractivity contribution in [3.63, 3.8) is 0 Å². The number of halogens is 3. The summed E-state index contributed by atoms with van der Waals surface area (Å²) >= 11 is 0. The maximum Gasteiger partial charge on any atom is 0.573 e. The molecule has 0 saturated carbocycles. The SMILES string of the molecule is Nc1ccc([C@H]2CNC(=O)C2)c(OC(F)(F)F)c1. The van der Waals surface area contributed by atoms with E-state index in [1.165, 1.54) is 12.1 Å². The average molecular weight is 260 g/mol. The average Bonchev–Trinajstić information content (AvgIpc) is 2.62. The third kappa shape index (κ3) is 2.85. The molecule has 1 heterocycles. The van der Waals surface area contributed by atoms with Gasteiger partial charge in [0.1, 0.15) is 5.75 Å². The number of carbonyl (C=O) groups excluding carboxylic acids is 1. The summed E-state index contributed by atoms with van der Waals surface area (Å²) in [5.74, 6) is -0.853. The van der Waals surface area contributed by atoms with Crippen LogP contribution in [0.3, 0.4) is 0 Å². The zero-order valence-electron chi connectivity index (χ0n) is 9.25. The summed E-state index contributed by atoms with van der Waals surface area (Å²) in [7, 11) is 0. The van der Waals surface area contributed by atoms with Crippen LogP contribution >= 0.6 is 0 Å². The Labute approximate surface area is 101 Å². The van der Waals surface area contributed by atoms with Crippen LogP contribution < -0.4 is 15.8 Å². The number of amides is 1. The predicted octanol–water partition coefficient (Wildman–Crippen LogP) is 1.77. The van der Waals surface area contributed by atoms with Crippen LogP contribution in [0.15, 0.2) is 18.2 Å². The van der Waals surface area contributed by atoms with Crippen LogP contribution in [0.4, 0.5) is 18.9 Å². The van der Waals surface area contributed by atoms with Crippen molar-refractivity contribution in [1.29, 1.82) is 0 Å². The van der Waals surface area contributed by atoms with E-state index >= 15 is 0 Å². The fraction of sp³-hybridized carbons (Fsp3) is 0.364. The van der Waals surface area contributed by atoms with Crippen LogP contribution in [-0.4, -0.2) is 18.8 Å². The minimum absolute atomic E-state index is 0.151. The van der Waals surface area contributed by atoms with Crippen molar-refractivity contribution in [2.75, 3.05) is 12.3 Å². The van der Waals surface area contributed by atoms with Gasteiger partial charge in [-0.25, -0.2) is 0 Å². The van der Waals surface area contributed by atoms with Gasteiger partial charge in [-0.15, -0.1) is 13.2 Å². The maximum atomic E-state index is 12.3. The first-order valence-electron chi connectivity index (χ1n) is 5.27. The molecule has 2 rings (SSSR count). The number of alkyl halides is 3. The molecule has 1 saturated heterocycles. The van der Waals surface area contributed by atoms with Crippen molar-refractivity contribution in [3.8, 4) is 5.75 Å². The summed E-state index contributed by atoms with van der Waals surface area (Å²) in [6.07, 6.45) is -4.63. The van der Waals surface area contributed by atoms with Crippen molar-refractivity contribution >= 4 is 11.6 Å². The van der Waals surface area contributed by atoms with E-state index in [2.05, 4.69) is 10.1 Å². The Hall–Kier alpha value is -1.92. The molecular formula is C11H11F3N2O2. The number of nitrogen functional groups attached to an aromatic ring is 1. The first-order valence-corrected chi connectivity index (χ1v) is 5.27. The van der Waals surface area contributed by atoms with Crippen molar-refractivity contribution in [3.05, 3.63) is 23.8 Å². The minimum atomic E-state index is -4.78. The van der Waals surface area contributed by atoms with Gasteiger partial charge in [-0.05, 0) is 6.07 Å². The molecule has 1 fully saturated rings. The molecule has 98 valence electrons. The summed E-state index contributed by atoms with van der Waals surface area (Å²) in [4.78, 5) is 11.1. The lowest BCUT2D eigenvalue weighted by atomic mass is 9.97. The van der Waals surface area contributed by atoms with E-state index in [0.29, 0.717) is 12.1 Å². The van der Waals surface area contributed by atoms with Gasteiger partial charge in [0.25, 0.3) is 0 Å². The van der Waals surface area contributed by atoms with E-state index in [9.17, 15) is 18.0 Å². The Morgan fingerprint density at radius 3 is 2.67 bits per heavy atom. The van der Waals surface area contributed by atoms with Crippen molar-refractivity contribution in [2.45, 2.75) is 18.7 Å². The highest BCUT2D eigenvalue weighted by Gasteiger charge is 2.34. The third-order valence-electron chi connectivity index (χ3n) is 2.68. The van der Waals surface area contributed by atoms with Crippen LogP contribution in [0.1, 0.15) is 17.9 Å². The third-order valence-corrected chi connectivity index (χ3v) is 2.68. The number of nitrogens with one attached hydrogen (secondary N) is 1. The number of ether oxygens (including phenoxy) is 1. The van der Waals surface area contributed by atoms with Crippen LogP contribution in [0, 0.1) is 0 Å². The number of rotatable bonds is 2. The molecule has 0 aliphatic carbocycles. The zero-order valence-corrected chi connectivity index (χ0v) is 9.25.